The maximum absolute atomic E-state index is 11.1. The number of rotatable bonds is 2. The normalized spacial score (nSPS) is 13.3. The Kier molecular flexibility index (Phi) is 3.30. The molecule has 0 saturated heterocycles. The number of carbonyl (C=O) groups excluding carboxylic acids is 1. The number of nitrogens with two attached hydrogens (primary N) is 1. The second kappa shape index (κ2) is 3.56. The summed E-state index contributed by atoms with van der Waals surface area (Å²) in [4.78, 5) is 11.1. The topological polar surface area (TPSA) is 43.1 Å². The van der Waals surface area contributed by atoms with Gasteiger partial charge in [0, 0.05) is 12.1 Å². The lowest BCUT2D eigenvalue weighted by molar-refractivity contribution is -0.116. The maximum Gasteiger partial charge on any atom is 0.157 e. The molecular formula is C9H17NO. The SMILES string of the molecule is C/C(N)=C/C(=O)CC(C)(C)C. The summed E-state index contributed by atoms with van der Waals surface area (Å²) in [6, 6.07) is 0. The first kappa shape index (κ1) is 10.2. The highest BCUT2D eigenvalue weighted by Gasteiger charge is 2.13. The summed E-state index contributed by atoms with van der Waals surface area (Å²) in [6.07, 6.45) is 2.05. The molecule has 2 nitrogen and oxygen atoms in total. The summed E-state index contributed by atoms with van der Waals surface area (Å²) in [5.74, 6) is 0.109. The summed E-state index contributed by atoms with van der Waals surface area (Å²) < 4.78 is 0. The van der Waals surface area contributed by atoms with Crippen LogP contribution in [0.3, 0.4) is 0 Å². The Morgan fingerprint density at radius 1 is 1.45 bits per heavy atom. The molecule has 0 aromatic heterocycles. The first-order valence-corrected chi connectivity index (χ1v) is 3.78. The van der Waals surface area contributed by atoms with E-state index in [-0.39, 0.29) is 11.2 Å². The van der Waals surface area contributed by atoms with Gasteiger partial charge in [0.1, 0.15) is 0 Å². The van der Waals surface area contributed by atoms with Gasteiger partial charge in [0.2, 0.25) is 0 Å². The summed E-state index contributed by atoms with van der Waals surface area (Å²) in [7, 11) is 0. The van der Waals surface area contributed by atoms with Crippen LogP contribution in [0.25, 0.3) is 0 Å². The second-order valence-corrected chi connectivity index (χ2v) is 4.09. The number of hydrogen-bond donors (Lipinski definition) is 1. The van der Waals surface area contributed by atoms with Crippen molar-refractivity contribution in [2.24, 2.45) is 11.1 Å². The van der Waals surface area contributed by atoms with Crippen molar-refractivity contribution < 1.29 is 4.79 Å². The Morgan fingerprint density at radius 2 is 1.91 bits per heavy atom. The molecule has 11 heavy (non-hydrogen) atoms. The molecule has 0 amide bonds. The standard InChI is InChI=1S/C9H17NO/c1-7(10)5-8(11)6-9(2,3)4/h5H,6,10H2,1-4H3/b7-5-. The molecule has 0 aliphatic carbocycles. The van der Waals surface area contributed by atoms with E-state index >= 15 is 0 Å². The van der Waals surface area contributed by atoms with Crippen LogP contribution in [0, 0.1) is 5.41 Å². The van der Waals surface area contributed by atoms with Gasteiger partial charge in [0.25, 0.3) is 0 Å². The van der Waals surface area contributed by atoms with E-state index in [2.05, 4.69) is 0 Å². The first-order valence-electron chi connectivity index (χ1n) is 3.78. The number of hydrogen-bond acceptors (Lipinski definition) is 2. The highest BCUT2D eigenvalue weighted by Crippen LogP contribution is 2.18. The van der Waals surface area contributed by atoms with Gasteiger partial charge in [-0.15, -0.1) is 0 Å². The largest absolute Gasteiger partial charge is 0.402 e. The lowest BCUT2D eigenvalue weighted by atomic mass is 9.90. The van der Waals surface area contributed by atoms with E-state index in [1.165, 1.54) is 6.08 Å². The molecule has 0 heterocycles. The van der Waals surface area contributed by atoms with Gasteiger partial charge in [0.05, 0.1) is 0 Å². The van der Waals surface area contributed by atoms with Gasteiger partial charge in [-0.05, 0) is 18.4 Å². The Bertz CT molecular complexity index is 170. The van der Waals surface area contributed by atoms with Crippen LogP contribution in [0.15, 0.2) is 11.8 Å². The van der Waals surface area contributed by atoms with E-state index in [4.69, 9.17) is 5.73 Å². The molecule has 0 aliphatic rings. The van der Waals surface area contributed by atoms with E-state index in [1.54, 1.807) is 6.92 Å². The summed E-state index contributed by atoms with van der Waals surface area (Å²) >= 11 is 0. The van der Waals surface area contributed by atoms with Crippen LogP contribution in [0.4, 0.5) is 0 Å². The zero-order valence-electron chi connectivity index (χ0n) is 7.77. The molecule has 64 valence electrons. The highest BCUT2D eigenvalue weighted by molar-refractivity contribution is 5.90. The molecule has 0 atom stereocenters. The minimum atomic E-state index is 0.0586. The Morgan fingerprint density at radius 3 is 2.18 bits per heavy atom. The van der Waals surface area contributed by atoms with Crippen molar-refractivity contribution in [1.29, 1.82) is 0 Å². The van der Waals surface area contributed by atoms with Crippen LogP contribution >= 0.6 is 0 Å². The Balaban J connectivity index is 4.00. The quantitative estimate of drug-likeness (QED) is 0.618. The highest BCUT2D eigenvalue weighted by atomic mass is 16.1. The molecular weight excluding hydrogens is 138 g/mol. The zero-order valence-corrected chi connectivity index (χ0v) is 7.77. The molecule has 0 unspecified atom stereocenters. The van der Waals surface area contributed by atoms with Crippen molar-refractivity contribution in [2.75, 3.05) is 0 Å². The van der Waals surface area contributed by atoms with E-state index in [1.807, 2.05) is 20.8 Å². The van der Waals surface area contributed by atoms with Crippen molar-refractivity contribution in [3.05, 3.63) is 11.8 Å². The molecule has 0 spiro atoms. The van der Waals surface area contributed by atoms with Gasteiger partial charge in [-0.25, -0.2) is 0 Å². The lowest BCUT2D eigenvalue weighted by Crippen LogP contribution is -2.12. The van der Waals surface area contributed by atoms with Gasteiger partial charge < -0.3 is 5.73 Å². The monoisotopic (exact) mass is 155 g/mol. The molecule has 0 radical (unpaired) electrons. The summed E-state index contributed by atoms with van der Waals surface area (Å²) in [5.41, 5.74) is 5.99. The minimum absolute atomic E-state index is 0.0586. The second-order valence-electron chi connectivity index (χ2n) is 4.09. The molecule has 0 aromatic carbocycles. The predicted octanol–water partition coefficient (Wildman–Crippen LogP) is 1.85. The zero-order chi connectivity index (χ0) is 9.07. The molecule has 2 heteroatoms. The third-order valence-electron chi connectivity index (χ3n) is 1.09. The average molecular weight is 155 g/mol. The van der Waals surface area contributed by atoms with Crippen LogP contribution in [0.1, 0.15) is 34.1 Å². The number of allylic oxidation sites excluding steroid dienone is 2. The number of carbonyl (C=O) groups is 1. The molecule has 0 aliphatic heterocycles. The van der Waals surface area contributed by atoms with Crippen LogP contribution in [0.2, 0.25) is 0 Å². The van der Waals surface area contributed by atoms with Crippen molar-refractivity contribution in [3.63, 3.8) is 0 Å². The Labute approximate surface area is 68.5 Å². The minimum Gasteiger partial charge on any atom is -0.402 e. The first-order chi connectivity index (χ1) is 4.81. The van der Waals surface area contributed by atoms with Crippen LogP contribution in [0.5, 0.6) is 0 Å². The van der Waals surface area contributed by atoms with Crippen molar-refractivity contribution in [2.45, 2.75) is 34.1 Å². The van der Waals surface area contributed by atoms with Crippen molar-refractivity contribution in [1.82, 2.24) is 0 Å². The van der Waals surface area contributed by atoms with Gasteiger partial charge >= 0.3 is 0 Å². The fraction of sp³-hybridized carbons (Fsp3) is 0.667. The third-order valence-corrected chi connectivity index (χ3v) is 1.09. The fourth-order valence-electron chi connectivity index (χ4n) is 0.828. The molecule has 0 fully saturated rings. The van der Waals surface area contributed by atoms with Crippen LogP contribution < -0.4 is 5.73 Å². The molecule has 0 bridgehead atoms. The van der Waals surface area contributed by atoms with Crippen molar-refractivity contribution in [3.8, 4) is 0 Å². The molecule has 0 saturated carbocycles. The van der Waals surface area contributed by atoms with Crippen LogP contribution in [-0.4, -0.2) is 5.78 Å². The van der Waals surface area contributed by atoms with E-state index in [9.17, 15) is 4.79 Å². The van der Waals surface area contributed by atoms with Gasteiger partial charge in [-0.2, -0.15) is 0 Å². The average Bonchev–Trinajstić information content (AvgIpc) is 1.53. The smallest absolute Gasteiger partial charge is 0.157 e. The summed E-state index contributed by atoms with van der Waals surface area (Å²) in [5, 5.41) is 0. The maximum atomic E-state index is 11.1. The fourth-order valence-corrected chi connectivity index (χ4v) is 0.828. The van der Waals surface area contributed by atoms with Gasteiger partial charge in [-0.1, -0.05) is 20.8 Å². The van der Waals surface area contributed by atoms with Crippen molar-refractivity contribution >= 4 is 5.78 Å². The predicted molar refractivity (Wildman–Crippen MR) is 47.0 cm³/mol. The third kappa shape index (κ3) is 7.10. The lowest BCUT2D eigenvalue weighted by Gasteiger charge is -2.15. The Hall–Kier alpha value is -0.790. The van der Waals surface area contributed by atoms with Gasteiger partial charge in [-0.3, -0.25) is 4.79 Å². The van der Waals surface area contributed by atoms with Crippen LogP contribution in [-0.2, 0) is 4.79 Å². The van der Waals surface area contributed by atoms with E-state index in [0.29, 0.717) is 12.1 Å². The number of ketones is 1. The van der Waals surface area contributed by atoms with E-state index < -0.39 is 0 Å². The molecule has 0 rings (SSSR count). The van der Waals surface area contributed by atoms with Gasteiger partial charge in [0.15, 0.2) is 5.78 Å². The summed E-state index contributed by atoms with van der Waals surface area (Å²) in [6.45, 7) is 7.82. The molecule has 2 N–H and O–H groups in total. The molecule has 0 aromatic rings. The van der Waals surface area contributed by atoms with E-state index in [0.717, 1.165) is 0 Å².